The van der Waals surface area contributed by atoms with Crippen LogP contribution in [0.4, 0.5) is 0 Å². The van der Waals surface area contributed by atoms with Crippen LogP contribution in [0.3, 0.4) is 0 Å². The molecule has 156 valence electrons. The Morgan fingerprint density at radius 2 is 1.67 bits per heavy atom. The van der Waals surface area contributed by atoms with E-state index >= 15 is 0 Å². The molecule has 0 bridgehead atoms. The van der Waals surface area contributed by atoms with Gasteiger partial charge in [0.1, 0.15) is 15.9 Å². The molecule has 0 atom stereocenters. The van der Waals surface area contributed by atoms with Gasteiger partial charge in [-0.05, 0) is 54.9 Å². The van der Waals surface area contributed by atoms with Crippen LogP contribution in [0.25, 0.3) is 10.4 Å². The molecule has 0 heterocycles. The molecule has 30 heavy (non-hydrogen) atoms. The summed E-state index contributed by atoms with van der Waals surface area (Å²) in [5, 5.41) is 3.65. The first-order chi connectivity index (χ1) is 14.3. The van der Waals surface area contributed by atoms with Gasteiger partial charge in [0, 0.05) is 10.5 Å². The largest absolute Gasteiger partial charge is 0.744 e. The van der Waals surface area contributed by atoms with Crippen molar-refractivity contribution in [3.05, 3.63) is 102 Å². The van der Waals surface area contributed by atoms with Crippen LogP contribution in [0, 0.1) is 14.1 Å². The summed E-state index contributed by atoms with van der Waals surface area (Å²) in [7, 11) is -2.60. The zero-order valence-corrected chi connectivity index (χ0v) is 19.4. The third-order valence-electron chi connectivity index (χ3n) is 3.83. The molecule has 7 nitrogen and oxygen atoms in total. The Kier molecular flexibility index (Phi) is 9.13. The normalized spacial score (nSPS) is 10.4. The summed E-state index contributed by atoms with van der Waals surface area (Å²) < 4.78 is 38.9. The zero-order chi connectivity index (χ0) is 22.0. The van der Waals surface area contributed by atoms with Gasteiger partial charge < -0.3 is 9.29 Å². The number of benzene rings is 3. The average molecular weight is 537 g/mol. The minimum Gasteiger partial charge on any atom is -0.744 e. The number of halogens is 1. The highest BCUT2D eigenvalue weighted by atomic mass is 127. The van der Waals surface area contributed by atoms with Crippen LogP contribution in [0.15, 0.2) is 82.8 Å². The minimum absolute atomic E-state index is 0.178. The van der Waals surface area contributed by atoms with Gasteiger partial charge in [-0.1, -0.05) is 41.0 Å². The summed E-state index contributed by atoms with van der Waals surface area (Å²) >= 11 is -0.268. The summed E-state index contributed by atoms with van der Waals surface area (Å²) in [5.74, 6) is 0.870. The number of ether oxygens (including phenoxy) is 1. The maximum atomic E-state index is 10.4. The van der Waals surface area contributed by atoms with Crippen LogP contribution in [0.5, 0.6) is 5.75 Å². The molecular formula is C21H20IN3O4S. The van der Waals surface area contributed by atoms with Gasteiger partial charge in [-0.15, -0.1) is 0 Å². The van der Waals surface area contributed by atoms with Crippen molar-refractivity contribution in [3.63, 3.8) is 0 Å². The molecule has 0 saturated heterocycles. The number of azide groups is 1. The van der Waals surface area contributed by atoms with E-state index < -0.39 is 10.1 Å². The predicted molar refractivity (Wildman–Crippen MR) is 109 cm³/mol. The smallest absolute Gasteiger partial charge is 0.358 e. The number of aryl methyl sites for hydroxylation is 1. The Balaban J connectivity index is 0.000000248. The third-order valence-corrected chi connectivity index (χ3v) is 7.66. The van der Waals surface area contributed by atoms with Crippen molar-refractivity contribution in [2.24, 2.45) is 5.11 Å². The second-order valence-electron chi connectivity index (χ2n) is 6.00. The molecule has 3 aromatic rings. The lowest BCUT2D eigenvalue weighted by Gasteiger charge is -2.05. The molecule has 0 amide bonds. The first kappa shape index (κ1) is 23.7. The van der Waals surface area contributed by atoms with E-state index in [9.17, 15) is 13.0 Å². The summed E-state index contributed by atoms with van der Waals surface area (Å²) in [6.07, 6.45) is 0. The standard InChI is InChI=1S/C14H13IN3O.C7H8O3S/c1-19-13-8-6-12(7-9-13)15-14-5-3-2-4-11(14)10-17-18-16;1-6-2-4-7(5-3-6)11(8,9)10/h2-9H,10H2,1H3;2-5H,1H3,(H,8,9,10)/q+1;/p-1. The number of hydrogen-bond acceptors (Lipinski definition) is 5. The molecule has 0 N–H and O–H groups in total. The number of nitrogens with zero attached hydrogens (tertiary/aromatic N) is 3. The van der Waals surface area contributed by atoms with E-state index in [0.717, 1.165) is 16.9 Å². The lowest BCUT2D eigenvalue weighted by atomic mass is 10.2. The van der Waals surface area contributed by atoms with Crippen LogP contribution < -0.4 is 25.9 Å². The zero-order valence-electron chi connectivity index (χ0n) is 16.4. The molecule has 0 spiro atoms. The molecule has 0 aromatic heterocycles. The lowest BCUT2D eigenvalue weighted by Crippen LogP contribution is -3.61. The van der Waals surface area contributed by atoms with Crippen molar-refractivity contribution >= 4 is 10.1 Å². The topological polar surface area (TPSA) is 115 Å². The first-order valence-corrected chi connectivity index (χ1v) is 12.3. The molecule has 3 rings (SSSR count). The molecule has 0 fully saturated rings. The monoisotopic (exact) mass is 537 g/mol. The van der Waals surface area contributed by atoms with Crippen LogP contribution in [0.2, 0.25) is 0 Å². The van der Waals surface area contributed by atoms with Gasteiger partial charge in [0.25, 0.3) is 0 Å². The van der Waals surface area contributed by atoms with E-state index in [1.54, 1.807) is 19.2 Å². The highest BCUT2D eigenvalue weighted by molar-refractivity contribution is 7.85. The van der Waals surface area contributed by atoms with Gasteiger partial charge in [-0.25, -0.2) is 8.42 Å². The second-order valence-corrected chi connectivity index (χ2v) is 10.3. The molecule has 0 unspecified atom stereocenters. The molecule has 0 radical (unpaired) electrons. The SMILES string of the molecule is COc1ccc([I+]c2ccccc2CN=[N+]=[N-])cc1.Cc1ccc(S(=O)(=O)[O-])cc1. The highest BCUT2D eigenvalue weighted by Crippen LogP contribution is 2.08. The number of hydrogen-bond donors (Lipinski definition) is 0. The lowest BCUT2D eigenvalue weighted by molar-refractivity contribution is -0.598. The van der Waals surface area contributed by atoms with Crippen LogP contribution in [-0.2, 0) is 16.7 Å². The molecule has 0 aliphatic carbocycles. The average Bonchev–Trinajstić information content (AvgIpc) is 2.74. The Morgan fingerprint density at radius 1 is 1.03 bits per heavy atom. The van der Waals surface area contributed by atoms with Crippen LogP contribution in [-0.4, -0.2) is 20.1 Å². The summed E-state index contributed by atoms with van der Waals surface area (Å²) in [6, 6.07) is 22.1. The van der Waals surface area contributed by atoms with E-state index in [1.807, 2.05) is 37.3 Å². The Morgan fingerprint density at radius 3 is 2.23 bits per heavy atom. The fourth-order valence-corrected chi connectivity index (χ4v) is 5.23. The number of methoxy groups -OCH3 is 1. The van der Waals surface area contributed by atoms with Gasteiger partial charge in [0.2, 0.25) is 0 Å². The van der Waals surface area contributed by atoms with Crippen molar-refractivity contribution < 1.29 is 38.9 Å². The number of rotatable bonds is 6. The molecule has 9 heteroatoms. The van der Waals surface area contributed by atoms with Gasteiger partial charge in [0.15, 0.2) is 7.14 Å². The third kappa shape index (κ3) is 7.68. The van der Waals surface area contributed by atoms with Gasteiger partial charge in [0.05, 0.1) is 18.6 Å². The van der Waals surface area contributed by atoms with Crippen molar-refractivity contribution in [2.45, 2.75) is 18.4 Å². The first-order valence-electron chi connectivity index (χ1n) is 8.73. The summed E-state index contributed by atoms with van der Waals surface area (Å²) in [5.41, 5.74) is 10.5. The molecule has 0 aliphatic rings. The van der Waals surface area contributed by atoms with Gasteiger partial charge in [-0.2, -0.15) is 0 Å². The van der Waals surface area contributed by atoms with E-state index in [-0.39, 0.29) is 26.1 Å². The summed E-state index contributed by atoms with van der Waals surface area (Å²) in [4.78, 5) is 2.64. The molecular weight excluding hydrogens is 517 g/mol. The fourth-order valence-electron chi connectivity index (χ4n) is 2.28. The Labute approximate surface area is 186 Å². The quantitative estimate of drug-likeness (QED) is 0.156. The van der Waals surface area contributed by atoms with Gasteiger partial charge >= 0.3 is 21.2 Å². The van der Waals surface area contributed by atoms with E-state index in [2.05, 4.69) is 28.2 Å². The molecule has 3 aromatic carbocycles. The Hall–Kier alpha value is -2.59. The van der Waals surface area contributed by atoms with E-state index in [1.165, 1.54) is 19.3 Å². The van der Waals surface area contributed by atoms with Crippen molar-refractivity contribution in [3.8, 4) is 5.75 Å². The Bertz CT molecular complexity index is 1110. The van der Waals surface area contributed by atoms with Crippen LogP contribution >= 0.6 is 0 Å². The maximum Gasteiger partial charge on any atom is 0.358 e. The van der Waals surface area contributed by atoms with Crippen molar-refractivity contribution in [1.29, 1.82) is 0 Å². The van der Waals surface area contributed by atoms with Crippen molar-refractivity contribution in [2.75, 3.05) is 7.11 Å². The van der Waals surface area contributed by atoms with Gasteiger partial charge in [-0.3, -0.25) is 0 Å². The predicted octanol–water partition coefficient (Wildman–Crippen LogP) is 1.53. The highest BCUT2D eigenvalue weighted by Gasteiger charge is 2.19. The van der Waals surface area contributed by atoms with E-state index in [0.29, 0.717) is 6.54 Å². The molecule has 0 saturated carbocycles. The summed E-state index contributed by atoms with van der Waals surface area (Å²) in [6.45, 7) is 2.24. The van der Waals surface area contributed by atoms with Crippen molar-refractivity contribution in [1.82, 2.24) is 0 Å². The van der Waals surface area contributed by atoms with Crippen LogP contribution in [0.1, 0.15) is 11.1 Å². The second kappa shape index (κ2) is 11.6. The maximum absolute atomic E-state index is 10.4. The molecule has 0 aliphatic heterocycles. The fraction of sp³-hybridized carbons (Fsp3) is 0.143. The van der Waals surface area contributed by atoms with E-state index in [4.69, 9.17) is 10.3 Å². The minimum atomic E-state index is -4.27.